The molecule has 0 aliphatic heterocycles. The van der Waals surface area contributed by atoms with Crippen LogP contribution >= 0.6 is 0 Å². The predicted molar refractivity (Wildman–Crippen MR) is 153 cm³/mol. The Kier molecular flexibility index (Phi) is 7.84. The monoisotopic (exact) mass is 666 g/mol. The summed E-state index contributed by atoms with van der Waals surface area (Å²) in [5, 5.41) is 47.3. The Bertz CT molecular complexity index is 1860. The molecule has 47 heavy (non-hydrogen) atoms. The van der Waals surface area contributed by atoms with E-state index in [2.05, 4.69) is 0 Å². The second-order valence-corrected chi connectivity index (χ2v) is 11.9. The minimum absolute atomic E-state index is 0.137. The van der Waals surface area contributed by atoms with Crippen molar-refractivity contribution in [1.82, 2.24) is 4.90 Å². The van der Waals surface area contributed by atoms with Crippen molar-refractivity contribution in [2.45, 2.75) is 24.5 Å². The van der Waals surface area contributed by atoms with Crippen LogP contribution in [0.5, 0.6) is 5.75 Å². The number of carbonyl (C=O) groups is 4. The van der Waals surface area contributed by atoms with Crippen LogP contribution in [-0.4, -0.2) is 88.5 Å². The van der Waals surface area contributed by atoms with Gasteiger partial charge in [0.15, 0.2) is 34.7 Å². The van der Waals surface area contributed by atoms with Gasteiger partial charge in [0.1, 0.15) is 28.4 Å². The molecule has 0 bridgehead atoms. The third-order valence-electron chi connectivity index (χ3n) is 8.86. The van der Waals surface area contributed by atoms with E-state index in [1.54, 1.807) is 0 Å². The molecule has 1 saturated carbocycles. The van der Waals surface area contributed by atoms with Crippen LogP contribution < -0.4 is 16.0 Å². The normalized spacial score (nSPS) is 23.9. The van der Waals surface area contributed by atoms with E-state index in [0.717, 1.165) is 6.07 Å². The zero-order valence-electron chi connectivity index (χ0n) is 25.0. The van der Waals surface area contributed by atoms with Crippen LogP contribution in [0, 0.1) is 40.9 Å². The number of nitrogens with zero attached hydrogens (tertiary/aromatic N) is 2. The molecule has 0 heterocycles. The van der Waals surface area contributed by atoms with Crippen LogP contribution in [-0.2, 0) is 20.8 Å². The van der Waals surface area contributed by atoms with Crippen molar-refractivity contribution >= 4 is 40.5 Å². The van der Waals surface area contributed by atoms with Gasteiger partial charge in [-0.3, -0.25) is 24.1 Å². The maximum Gasteiger partial charge on any atom is 0.261 e. The molecule has 1 fully saturated rings. The summed E-state index contributed by atoms with van der Waals surface area (Å²) in [5.41, 5.74) is -1.87. The molecule has 17 heteroatoms. The van der Waals surface area contributed by atoms with Gasteiger partial charge in [0.25, 0.3) is 11.8 Å². The summed E-state index contributed by atoms with van der Waals surface area (Å²) in [6.07, 6.45) is -0.348. The summed E-state index contributed by atoms with van der Waals surface area (Å²) in [4.78, 5) is 55.0. The van der Waals surface area contributed by atoms with Gasteiger partial charge in [-0.2, -0.15) is 0 Å². The molecule has 7 N–H and O–H groups in total. The lowest BCUT2D eigenvalue weighted by molar-refractivity contribution is -0.153. The molecule has 0 radical (unpaired) electrons. The Morgan fingerprint density at radius 3 is 2.02 bits per heavy atom. The van der Waals surface area contributed by atoms with Crippen LogP contribution in [0.1, 0.15) is 27.9 Å². The van der Waals surface area contributed by atoms with Crippen molar-refractivity contribution in [2.24, 2.45) is 17.6 Å². The van der Waals surface area contributed by atoms with Gasteiger partial charge in [0.05, 0.1) is 17.3 Å². The SMILES string of the molecule is CN(C)c1cc(NC(=O)c2c(F)c(F)c(F)c(F)c2F)c(O)c2c1CC1CC3[C@H](N(C)C)C(=O)C(C(N)=O)=C(O)[C@@]3(O)C(=O)C1=C2O. The van der Waals surface area contributed by atoms with E-state index in [1.807, 2.05) is 5.32 Å². The number of primary amides is 1. The van der Waals surface area contributed by atoms with Crippen molar-refractivity contribution in [1.29, 1.82) is 0 Å². The van der Waals surface area contributed by atoms with E-state index < -0.39 is 121 Å². The topological polar surface area (TPSA) is 194 Å². The number of aliphatic hydroxyl groups excluding tert-OH is 2. The Hall–Kier alpha value is -5.03. The minimum atomic E-state index is -2.93. The lowest BCUT2D eigenvalue weighted by Gasteiger charge is -2.50. The smallest absolute Gasteiger partial charge is 0.261 e. The number of rotatable bonds is 5. The second-order valence-electron chi connectivity index (χ2n) is 11.9. The highest BCUT2D eigenvalue weighted by atomic mass is 19.2. The number of hydrogen-bond donors (Lipinski definition) is 6. The molecule has 2 amide bonds. The average Bonchev–Trinajstić information content (AvgIpc) is 2.97. The number of nitrogens with two attached hydrogens (primary N) is 1. The first kappa shape index (κ1) is 33.3. The number of likely N-dealkylation sites (N-methyl/N-ethyl adjacent to an activating group) is 1. The number of phenols is 1. The molecule has 2 aromatic rings. The number of aliphatic hydroxyl groups is 3. The molecule has 12 nitrogen and oxygen atoms in total. The number of nitrogens with one attached hydrogen (secondary N) is 1. The number of halogens is 5. The fourth-order valence-corrected chi connectivity index (χ4v) is 6.78. The van der Waals surface area contributed by atoms with Crippen LogP contribution in [0.25, 0.3) is 5.76 Å². The highest BCUT2D eigenvalue weighted by molar-refractivity contribution is 6.24. The summed E-state index contributed by atoms with van der Waals surface area (Å²) >= 11 is 0. The zero-order valence-corrected chi connectivity index (χ0v) is 25.0. The van der Waals surface area contributed by atoms with Crippen LogP contribution in [0.2, 0.25) is 0 Å². The van der Waals surface area contributed by atoms with Crippen molar-refractivity contribution in [2.75, 3.05) is 38.4 Å². The molecule has 4 atom stereocenters. The molecule has 3 aliphatic carbocycles. The Balaban J connectivity index is 1.70. The third-order valence-corrected chi connectivity index (χ3v) is 8.86. The van der Waals surface area contributed by atoms with Gasteiger partial charge in [-0.1, -0.05) is 0 Å². The quantitative estimate of drug-likeness (QED) is 0.0904. The maximum atomic E-state index is 14.4. The Morgan fingerprint density at radius 1 is 0.957 bits per heavy atom. The van der Waals surface area contributed by atoms with Gasteiger partial charge in [0, 0.05) is 31.3 Å². The van der Waals surface area contributed by atoms with Gasteiger partial charge >= 0.3 is 0 Å². The first-order chi connectivity index (χ1) is 21.8. The molecule has 5 rings (SSSR count). The molecular formula is C30H27F5N4O8. The second kappa shape index (κ2) is 11.0. The number of carbonyl (C=O) groups excluding carboxylic acids is 4. The van der Waals surface area contributed by atoms with E-state index in [1.165, 1.54) is 38.0 Å². The van der Waals surface area contributed by atoms with E-state index >= 15 is 0 Å². The fraction of sp³-hybridized carbons (Fsp3) is 0.333. The number of fused-ring (bicyclic) bond motifs is 3. The van der Waals surface area contributed by atoms with Gasteiger partial charge in [-0.05, 0) is 44.5 Å². The Morgan fingerprint density at radius 2 is 1.51 bits per heavy atom. The number of Topliss-reactive ketones (excluding diaryl/α,β-unsaturated/α-hetero) is 2. The molecule has 2 aromatic carbocycles. The summed E-state index contributed by atoms with van der Waals surface area (Å²) in [6, 6.07) is -0.216. The number of amides is 2. The van der Waals surface area contributed by atoms with Gasteiger partial charge in [-0.25, -0.2) is 22.0 Å². The summed E-state index contributed by atoms with van der Waals surface area (Å²) in [5.74, 6) is -23.2. The first-order valence-corrected chi connectivity index (χ1v) is 13.8. The number of hydrogen-bond acceptors (Lipinski definition) is 10. The summed E-state index contributed by atoms with van der Waals surface area (Å²) in [7, 11) is 5.88. The average molecular weight is 667 g/mol. The summed E-state index contributed by atoms with van der Waals surface area (Å²) in [6.45, 7) is 0. The zero-order chi connectivity index (χ0) is 35.2. The van der Waals surface area contributed by atoms with E-state index in [0.29, 0.717) is 0 Å². The lowest BCUT2D eigenvalue weighted by Crippen LogP contribution is -2.65. The molecule has 2 unspecified atom stereocenters. The minimum Gasteiger partial charge on any atom is -0.508 e. The number of phenolic OH excluding ortho intramolecular Hbond substituents is 1. The van der Waals surface area contributed by atoms with Gasteiger partial charge in [0.2, 0.25) is 11.6 Å². The number of aromatic hydroxyl groups is 1. The predicted octanol–water partition coefficient (Wildman–Crippen LogP) is 1.98. The van der Waals surface area contributed by atoms with Crippen molar-refractivity contribution in [3.63, 3.8) is 0 Å². The lowest BCUT2D eigenvalue weighted by atomic mass is 9.57. The fourth-order valence-electron chi connectivity index (χ4n) is 6.78. The molecule has 3 aliphatic rings. The van der Waals surface area contributed by atoms with Crippen LogP contribution in [0.15, 0.2) is 23.0 Å². The van der Waals surface area contributed by atoms with Crippen molar-refractivity contribution in [3.8, 4) is 5.75 Å². The molecule has 0 spiro atoms. The highest BCUT2D eigenvalue weighted by Crippen LogP contribution is 2.54. The highest BCUT2D eigenvalue weighted by Gasteiger charge is 2.64. The number of benzene rings is 2. The molecular weight excluding hydrogens is 639 g/mol. The number of anilines is 2. The van der Waals surface area contributed by atoms with E-state index in [-0.39, 0.29) is 24.1 Å². The first-order valence-electron chi connectivity index (χ1n) is 13.8. The maximum absolute atomic E-state index is 14.4. The Labute approximate surface area is 262 Å². The summed E-state index contributed by atoms with van der Waals surface area (Å²) < 4.78 is 69.9. The van der Waals surface area contributed by atoms with E-state index in [9.17, 15) is 61.6 Å². The third kappa shape index (κ3) is 4.55. The molecule has 0 aromatic heterocycles. The van der Waals surface area contributed by atoms with Crippen LogP contribution in [0.4, 0.5) is 33.3 Å². The van der Waals surface area contributed by atoms with Crippen molar-refractivity contribution < 1.29 is 61.6 Å². The van der Waals surface area contributed by atoms with Gasteiger partial charge < -0.3 is 36.4 Å². The molecule has 250 valence electrons. The molecule has 0 saturated heterocycles. The van der Waals surface area contributed by atoms with Crippen molar-refractivity contribution in [3.05, 3.63) is 68.7 Å². The van der Waals surface area contributed by atoms with Crippen LogP contribution in [0.3, 0.4) is 0 Å². The van der Waals surface area contributed by atoms with E-state index in [4.69, 9.17) is 5.73 Å². The van der Waals surface area contributed by atoms with Gasteiger partial charge in [-0.15, -0.1) is 0 Å². The largest absolute Gasteiger partial charge is 0.508 e. The standard InChI is InChI=1S/C30H27F5N4O8/c1-38(2)12-7-11(37-29(46)15-17(31)19(33)21(35)20(34)18(15)32)23(40)14-9(12)5-8-6-10-22(39(3)4)25(42)16(28(36)45)27(44)30(10,47)26(43)13(8)24(14)41/h7-8,10,22,40-41,44,47H,5-6H2,1-4H3,(H2,36,45)(H,37,46)/t8?,10?,22-,30-/m0/s1. The number of ketones is 2.